The van der Waals surface area contributed by atoms with Gasteiger partial charge in [0.1, 0.15) is 5.71 Å². The van der Waals surface area contributed by atoms with Crippen molar-refractivity contribution in [2.75, 3.05) is 6.79 Å². The van der Waals surface area contributed by atoms with Crippen molar-refractivity contribution in [1.82, 2.24) is 0 Å². The summed E-state index contributed by atoms with van der Waals surface area (Å²) in [6, 6.07) is 6.96. The van der Waals surface area contributed by atoms with Gasteiger partial charge in [0, 0.05) is 22.3 Å². The molecule has 1 aliphatic carbocycles. The zero-order valence-electron chi connectivity index (χ0n) is 16.1. The van der Waals surface area contributed by atoms with E-state index in [-0.39, 0.29) is 11.5 Å². The van der Waals surface area contributed by atoms with E-state index in [0.29, 0.717) is 17.6 Å². The average Bonchev–Trinajstić information content (AvgIpc) is 2.68. The van der Waals surface area contributed by atoms with Gasteiger partial charge in [-0.25, -0.2) is 9.59 Å². The smallest absolute Gasteiger partial charge is 0.339 e. The van der Waals surface area contributed by atoms with E-state index in [1.54, 1.807) is 36.4 Å². The molecule has 2 rings (SSSR count). The zero-order chi connectivity index (χ0) is 21.2. The van der Waals surface area contributed by atoms with Crippen molar-refractivity contribution in [3.8, 4) is 0 Å². The number of nitrogens with zero attached hydrogens (tertiary/aromatic N) is 1. The van der Waals surface area contributed by atoms with Gasteiger partial charge in [0.15, 0.2) is 6.79 Å². The number of ether oxygens (including phenoxy) is 1. The first-order valence-electron chi connectivity index (χ1n) is 8.82. The highest BCUT2D eigenvalue weighted by atomic mass is 32.2. The molecule has 8 heteroatoms. The number of oxime groups is 1. The number of esters is 1. The van der Waals surface area contributed by atoms with Gasteiger partial charge < -0.3 is 14.7 Å². The summed E-state index contributed by atoms with van der Waals surface area (Å²) in [5.41, 5.74) is 0.913. The predicted molar refractivity (Wildman–Crippen MR) is 109 cm³/mol. The third-order valence-corrected chi connectivity index (χ3v) is 4.77. The Kier molecular flexibility index (Phi) is 8.57. The van der Waals surface area contributed by atoms with E-state index < -0.39 is 18.7 Å². The Morgan fingerprint density at radius 1 is 1.07 bits per heavy atom. The van der Waals surface area contributed by atoms with Crippen molar-refractivity contribution in [2.24, 2.45) is 5.16 Å². The molecule has 0 saturated carbocycles. The molecule has 0 aromatic heterocycles. The molecule has 0 saturated heterocycles. The summed E-state index contributed by atoms with van der Waals surface area (Å²) in [4.78, 5) is 41.2. The van der Waals surface area contributed by atoms with Crippen molar-refractivity contribution in [3.63, 3.8) is 0 Å². The van der Waals surface area contributed by atoms with Crippen LogP contribution in [0.4, 0.5) is 0 Å². The highest BCUT2D eigenvalue weighted by molar-refractivity contribution is 8.03. The number of hydrogen-bond donors (Lipinski definition) is 1. The molecule has 152 valence electrons. The molecule has 0 fully saturated rings. The maximum Gasteiger partial charge on any atom is 0.339 e. The van der Waals surface area contributed by atoms with Crippen molar-refractivity contribution >= 4 is 35.2 Å². The maximum absolute atomic E-state index is 12.3. The van der Waals surface area contributed by atoms with Gasteiger partial charge in [-0.2, -0.15) is 0 Å². The fourth-order valence-electron chi connectivity index (χ4n) is 2.33. The Balaban J connectivity index is 2.05. The molecule has 1 N–H and O–H groups in total. The van der Waals surface area contributed by atoms with Gasteiger partial charge >= 0.3 is 11.9 Å². The number of benzene rings is 1. The number of Topliss-reactive ketones (excluding diaryl/α,β-unsaturated/α-hetero) is 1. The van der Waals surface area contributed by atoms with Gasteiger partial charge in [0.05, 0.1) is 5.57 Å². The van der Waals surface area contributed by atoms with Crippen LogP contribution in [0.2, 0.25) is 0 Å². The minimum Gasteiger partial charge on any atom is -0.435 e. The van der Waals surface area contributed by atoms with Crippen LogP contribution in [-0.2, 0) is 19.2 Å². The summed E-state index contributed by atoms with van der Waals surface area (Å²) in [5.74, 6) is -1.49. The lowest BCUT2D eigenvalue weighted by molar-refractivity contribution is -0.146. The minimum absolute atomic E-state index is 0.0837. The number of aliphatic hydroxyl groups excluding tert-OH is 1. The lowest BCUT2D eigenvalue weighted by atomic mass is 10.1. The molecule has 7 nitrogen and oxygen atoms in total. The van der Waals surface area contributed by atoms with Gasteiger partial charge in [-0.1, -0.05) is 29.1 Å². The molecule has 0 spiro atoms. The second kappa shape index (κ2) is 11.1. The SMILES string of the molecule is CC(=O)O/N=C(\C)C(=O)c1ccc(SC2=C/CCC=C(C(=O)OCO)/C=C\2)cc1. The first kappa shape index (κ1) is 22.3. The van der Waals surface area contributed by atoms with Crippen LogP contribution in [-0.4, -0.2) is 35.3 Å². The first-order chi connectivity index (χ1) is 13.9. The third kappa shape index (κ3) is 7.17. The molecule has 0 heterocycles. The van der Waals surface area contributed by atoms with Gasteiger partial charge in [0.25, 0.3) is 0 Å². The number of allylic oxidation sites excluding steroid dienone is 3. The zero-order valence-corrected chi connectivity index (χ0v) is 16.9. The number of aliphatic hydroxyl groups is 1. The van der Waals surface area contributed by atoms with Gasteiger partial charge in [-0.3, -0.25) is 4.79 Å². The molecule has 1 aromatic rings. The Morgan fingerprint density at radius 3 is 2.41 bits per heavy atom. The topological polar surface area (TPSA) is 102 Å². The van der Waals surface area contributed by atoms with E-state index in [0.717, 1.165) is 16.2 Å². The quantitative estimate of drug-likeness (QED) is 0.181. The van der Waals surface area contributed by atoms with Crippen LogP contribution < -0.4 is 0 Å². The minimum atomic E-state index is -0.655. The first-order valence-corrected chi connectivity index (χ1v) is 9.63. The lowest BCUT2D eigenvalue weighted by Crippen LogP contribution is -2.11. The van der Waals surface area contributed by atoms with Crippen LogP contribution in [0.25, 0.3) is 0 Å². The Bertz CT molecular complexity index is 896. The molecule has 0 bridgehead atoms. The summed E-state index contributed by atoms with van der Waals surface area (Å²) in [5, 5.41) is 12.2. The summed E-state index contributed by atoms with van der Waals surface area (Å²) in [7, 11) is 0. The lowest BCUT2D eigenvalue weighted by Gasteiger charge is -2.08. The molecule has 0 unspecified atom stereocenters. The van der Waals surface area contributed by atoms with E-state index in [9.17, 15) is 14.4 Å². The van der Waals surface area contributed by atoms with Crippen LogP contribution in [0.3, 0.4) is 0 Å². The fraction of sp³-hybridized carbons (Fsp3) is 0.238. The largest absolute Gasteiger partial charge is 0.435 e. The molecule has 0 amide bonds. The average molecular weight is 415 g/mol. The molecular weight excluding hydrogens is 394 g/mol. The summed E-state index contributed by atoms with van der Waals surface area (Å²) in [6.07, 6.45) is 8.73. The maximum atomic E-state index is 12.3. The molecule has 29 heavy (non-hydrogen) atoms. The summed E-state index contributed by atoms with van der Waals surface area (Å²) >= 11 is 1.49. The number of ketones is 1. The summed E-state index contributed by atoms with van der Waals surface area (Å²) < 4.78 is 4.62. The molecule has 0 atom stereocenters. The van der Waals surface area contributed by atoms with E-state index >= 15 is 0 Å². The Labute approximate surface area is 172 Å². The van der Waals surface area contributed by atoms with Gasteiger partial charge in [-0.05, 0) is 56.2 Å². The van der Waals surface area contributed by atoms with Crippen molar-refractivity contribution in [2.45, 2.75) is 31.6 Å². The van der Waals surface area contributed by atoms with Crippen LogP contribution >= 0.6 is 11.8 Å². The highest BCUT2D eigenvalue weighted by Gasteiger charge is 2.12. The predicted octanol–water partition coefficient (Wildman–Crippen LogP) is 3.55. The second-order valence-electron chi connectivity index (χ2n) is 5.95. The van der Waals surface area contributed by atoms with E-state index in [1.165, 1.54) is 25.6 Å². The van der Waals surface area contributed by atoms with E-state index in [2.05, 4.69) is 20.8 Å². The van der Waals surface area contributed by atoms with Gasteiger partial charge in [0.2, 0.25) is 5.78 Å². The second-order valence-corrected chi connectivity index (χ2v) is 7.10. The number of thioether (sulfide) groups is 1. The monoisotopic (exact) mass is 415 g/mol. The standard InChI is InChI=1S/C21H21NO6S/c1-14(22-28-15(2)24)20(25)16-7-10-19(11-8-16)29-18-6-4-3-5-17(9-12-18)21(26)27-13-23/h5-12,23H,3-4,13H2,1-2H3/b12-9-,17-5?,18-6+,22-14+. The molecular formula is C21H21NO6S. The van der Waals surface area contributed by atoms with E-state index in [4.69, 9.17) is 5.11 Å². The molecule has 1 aliphatic rings. The number of carbonyl (C=O) groups is 3. The molecule has 1 aromatic carbocycles. The van der Waals surface area contributed by atoms with Crippen LogP contribution in [0.1, 0.15) is 37.0 Å². The summed E-state index contributed by atoms with van der Waals surface area (Å²) in [6.45, 7) is 2.03. The van der Waals surface area contributed by atoms with Crippen molar-refractivity contribution in [1.29, 1.82) is 0 Å². The van der Waals surface area contributed by atoms with E-state index in [1.807, 2.05) is 6.08 Å². The van der Waals surface area contributed by atoms with Crippen molar-refractivity contribution in [3.05, 3.63) is 64.6 Å². The molecule has 0 aliphatic heterocycles. The Morgan fingerprint density at radius 2 is 1.76 bits per heavy atom. The number of hydrogen-bond acceptors (Lipinski definition) is 8. The number of rotatable bonds is 7. The van der Waals surface area contributed by atoms with Crippen LogP contribution in [0.15, 0.2) is 69.1 Å². The van der Waals surface area contributed by atoms with Gasteiger partial charge in [-0.15, -0.1) is 0 Å². The fourth-order valence-corrected chi connectivity index (χ4v) is 3.22. The highest BCUT2D eigenvalue weighted by Crippen LogP contribution is 2.29. The number of carbonyl (C=O) groups excluding carboxylic acids is 3. The Hall–Kier alpha value is -2.97. The molecule has 0 radical (unpaired) electrons. The van der Waals surface area contributed by atoms with Crippen LogP contribution in [0.5, 0.6) is 0 Å². The van der Waals surface area contributed by atoms with Crippen LogP contribution in [0, 0.1) is 0 Å². The van der Waals surface area contributed by atoms with Crippen molar-refractivity contribution < 1.29 is 29.1 Å². The third-order valence-electron chi connectivity index (χ3n) is 3.73. The normalized spacial score (nSPS) is 17.1.